The van der Waals surface area contributed by atoms with Gasteiger partial charge in [0.25, 0.3) is 0 Å². The fourth-order valence-electron chi connectivity index (χ4n) is 2.67. The van der Waals surface area contributed by atoms with Gasteiger partial charge in [-0.2, -0.15) is 5.10 Å². The second-order valence-electron chi connectivity index (χ2n) is 5.92. The van der Waals surface area contributed by atoms with Gasteiger partial charge < -0.3 is 20.5 Å². The number of methoxy groups -OCH3 is 2. The van der Waals surface area contributed by atoms with Gasteiger partial charge in [-0.05, 0) is 29.3 Å². The standard InChI is InChI=1S/C20H23N5O2.HI/c1-26-17-7-8-19(27-2)18(12-17)24-20(21)22-13-15-5-3-6-16(11-15)14-25-10-4-9-23-25;/h3-12H,13-14H2,1-2H3,(H3,21,22,24);1H. The molecule has 0 aliphatic carbocycles. The molecule has 2 aromatic carbocycles. The van der Waals surface area contributed by atoms with Crippen LogP contribution in [0.5, 0.6) is 11.5 Å². The summed E-state index contributed by atoms with van der Waals surface area (Å²) in [6.45, 7) is 1.19. The van der Waals surface area contributed by atoms with Gasteiger partial charge in [-0.25, -0.2) is 4.99 Å². The van der Waals surface area contributed by atoms with Crippen LogP contribution in [0.2, 0.25) is 0 Å². The first-order valence-corrected chi connectivity index (χ1v) is 8.52. The molecule has 0 saturated carbocycles. The van der Waals surface area contributed by atoms with E-state index in [-0.39, 0.29) is 24.0 Å². The summed E-state index contributed by atoms with van der Waals surface area (Å²) in [5, 5.41) is 7.30. The summed E-state index contributed by atoms with van der Waals surface area (Å²) in [6.07, 6.45) is 3.71. The Morgan fingerprint density at radius 3 is 2.64 bits per heavy atom. The molecular formula is C20H24IN5O2. The van der Waals surface area contributed by atoms with Crippen molar-refractivity contribution in [2.24, 2.45) is 10.7 Å². The van der Waals surface area contributed by atoms with E-state index < -0.39 is 0 Å². The predicted octanol–water partition coefficient (Wildman–Crippen LogP) is 3.49. The number of aliphatic imine (C=N–C) groups is 1. The van der Waals surface area contributed by atoms with Crippen LogP contribution in [0.25, 0.3) is 0 Å². The molecule has 0 radical (unpaired) electrons. The molecule has 3 aromatic rings. The molecule has 0 unspecified atom stereocenters. The number of ether oxygens (including phenoxy) is 2. The molecule has 3 N–H and O–H groups in total. The molecule has 8 heteroatoms. The Morgan fingerprint density at radius 1 is 1.11 bits per heavy atom. The molecule has 0 fully saturated rings. The highest BCUT2D eigenvalue weighted by Gasteiger charge is 2.06. The summed E-state index contributed by atoms with van der Waals surface area (Å²) in [7, 11) is 3.21. The van der Waals surface area contributed by atoms with E-state index in [1.165, 1.54) is 0 Å². The fourth-order valence-corrected chi connectivity index (χ4v) is 2.67. The van der Waals surface area contributed by atoms with Crippen molar-refractivity contribution in [3.8, 4) is 11.5 Å². The molecule has 0 aliphatic heterocycles. The molecule has 1 aromatic heterocycles. The number of guanidine groups is 1. The van der Waals surface area contributed by atoms with Crippen LogP contribution >= 0.6 is 24.0 Å². The normalized spacial score (nSPS) is 10.9. The molecule has 148 valence electrons. The highest BCUT2D eigenvalue weighted by Crippen LogP contribution is 2.28. The van der Waals surface area contributed by atoms with E-state index in [1.807, 2.05) is 47.3 Å². The molecule has 0 saturated heterocycles. The summed E-state index contributed by atoms with van der Waals surface area (Å²) in [4.78, 5) is 4.42. The maximum Gasteiger partial charge on any atom is 0.193 e. The van der Waals surface area contributed by atoms with Crippen molar-refractivity contribution in [2.75, 3.05) is 19.5 Å². The summed E-state index contributed by atoms with van der Waals surface area (Å²) < 4.78 is 12.5. The third-order valence-corrected chi connectivity index (χ3v) is 4.00. The largest absolute Gasteiger partial charge is 0.497 e. The first-order chi connectivity index (χ1) is 13.2. The summed E-state index contributed by atoms with van der Waals surface area (Å²) in [5.41, 5.74) is 8.98. The number of benzene rings is 2. The number of rotatable bonds is 7. The number of aromatic nitrogens is 2. The molecule has 0 atom stereocenters. The Kier molecular flexibility index (Phi) is 8.12. The predicted molar refractivity (Wildman–Crippen MR) is 122 cm³/mol. The van der Waals surface area contributed by atoms with Crippen LogP contribution in [0.3, 0.4) is 0 Å². The van der Waals surface area contributed by atoms with Crippen LogP contribution < -0.4 is 20.5 Å². The van der Waals surface area contributed by atoms with E-state index in [2.05, 4.69) is 27.5 Å². The SMILES string of the molecule is COc1ccc(OC)c(NC(N)=NCc2cccc(Cn3cccn3)c2)c1.I. The lowest BCUT2D eigenvalue weighted by molar-refractivity contribution is 0.405. The van der Waals surface area contributed by atoms with E-state index in [4.69, 9.17) is 15.2 Å². The number of nitrogens with one attached hydrogen (secondary N) is 1. The van der Waals surface area contributed by atoms with Crippen LogP contribution in [0.4, 0.5) is 5.69 Å². The number of hydrogen-bond donors (Lipinski definition) is 2. The second kappa shape index (κ2) is 10.5. The maximum atomic E-state index is 6.04. The van der Waals surface area contributed by atoms with Gasteiger partial charge in [-0.3, -0.25) is 4.68 Å². The zero-order chi connectivity index (χ0) is 19.1. The minimum absolute atomic E-state index is 0. The Morgan fingerprint density at radius 2 is 1.93 bits per heavy atom. The lowest BCUT2D eigenvalue weighted by Crippen LogP contribution is -2.23. The number of hydrogen-bond acceptors (Lipinski definition) is 4. The van der Waals surface area contributed by atoms with Crippen LogP contribution in [-0.2, 0) is 13.1 Å². The molecule has 0 bridgehead atoms. The summed E-state index contributed by atoms with van der Waals surface area (Å²) in [6, 6.07) is 15.6. The molecule has 0 spiro atoms. The van der Waals surface area contributed by atoms with Gasteiger partial charge >= 0.3 is 0 Å². The van der Waals surface area contributed by atoms with Crippen LogP contribution in [0, 0.1) is 0 Å². The molecule has 0 amide bonds. The van der Waals surface area contributed by atoms with Crippen molar-refractivity contribution in [2.45, 2.75) is 13.1 Å². The first kappa shape index (κ1) is 21.5. The second-order valence-corrected chi connectivity index (χ2v) is 5.92. The molecule has 0 aliphatic rings. The number of nitrogens with zero attached hydrogens (tertiary/aromatic N) is 3. The van der Waals surface area contributed by atoms with Crippen molar-refractivity contribution < 1.29 is 9.47 Å². The molecule has 28 heavy (non-hydrogen) atoms. The average molecular weight is 493 g/mol. The van der Waals surface area contributed by atoms with Crippen LogP contribution in [0.15, 0.2) is 65.9 Å². The van der Waals surface area contributed by atoms with E-state index >= 15 is 0 Å². The Balaban J connectivity index is 0.00000280. The summed E-state index contributed by atoms with van der Waals surface area (Å²) in [5.74, 6) is 1.67. The van der Waals surface area contributed by atoms with Crippen LogP contribution in [0.1, 0.15) is 11.1 Å². The Hall–Kier alpha value is -2.75. The van der Waals surface area contributed by atoms with Gasteiger partial charge in [0.05, 0.1) is 33.0 Å². The van der Waals surface area contributed by atoms with Crippen LogP contribution in [-0.4, -0.2) is 30.0 Å². The van der Waals surface area contributed by atoms with Crippen molar-refractivity contribution >= 4 is 35.6 Å². The summed E-state index contributed by atoms with van der Waals surface area (Å²) >= 11 is 0. The highest BCUT2D eigenvalue weighted by molar-refractivity contribution is 14.0. The van der Waals surface area contributed by atoms with Crippen molar-refractivity contribution in [1.82, 2.24) is 9.78 Å². The number of halogens is 1. The maximum absolute atomic E-state index is 6.04. The Bertz CT molecular complexity index is 913. The fraction of sp³-hybridized carbons (Fsp3) is 0.200. The van der Waals surface area contributed by atoms with E-state index in [9.17, 15) is 0 Å². The van der Waals surface area contributed by atoms with E-state index in [1.54, 1.807) is 20.4 Å². The lowest BCUT2D eigenvalue weighted by Gasteiger charge is -2.12. The van der Waals surface area contributed by atoms with Gasteiger partial charge in [0.15, 0.2) is 5.96 Å². The molecule has 1 heterocycles. The van der Waals surface area contributed by atoms with Gasteiger partial charge in [-0.15, -0.1) is 24.0 Å². The third kappa shape index (κ3) is 5.88. The lowest BCUT2D eigenvalue weighted by atomic mass is 10.1. The highest BCUT2D eigenvalue weighted by atomic mass is 127. The van der Waals surface area contributed by atoms with Gasteiger partial charge in [0.1, 0.15) is 11.5 Å². The molecule has 7 nitrogen and oxygen atoms in total. The minimum Gasteiger partial charge on any atom is -0.497 e. The van der Waals surface area contributed by atoms with Gasteiger partial charge in [0.2, 0.25) is 0 Å². The monoisotopic (exact) mass is 493 g/mol. The first-order valence-electron chi connectivity index (χ1n) is 8.52. The zero-order valence-electron chi connectivity index (χ0n) is 15.8. The zero-order valence-corrected chi connectivity index (χ0v) is 18.2. The number of nitrogens with two attached hydrogens (primary N) is 1. The Labute approximate surface area is 181 Å². The van der Waals surface area contributed by atoms with Gasteiger partial charge in [0, 0.05) is 18.5 Å². The van der Waals surface area contributed by atoms with Crippen molar-refractivity contribution in [3.05, 3.63) is 72.1 Å². The van der Waals surface area contributed by atoms with E-state index in [0.29, 0.717) is 29.7 Å². The van der Waals surface area contributed by atoms with Crippen molar-refractivity contribution in [3.63, 3.8) is 0 Å². The third-order valence-electron chi connectivity index (χ3n) is 4.00. The molecule has 3 rings (SSSR count). The van der Waals surface area contributed by atoms with Crippen molar-refractivity contribution in [1.29, 1.82) is 0 Å². The number of anilines is 1. The average Bonchev–Trinajstić information content (AvgIpc) is 3.19. The quantitative estimate of drug-likeness (QED) is 0.299. The topological polar surface area (TPSA) is 86.7 Å². The minimum atomic E-state index is 0. The van der Waals surface area contributed by atoms with Gasteiger partial charge in [-0.1, -0.05) is 24.3 Å². The van der Waals surface area contributed by atoms with E-state index in [0.717, 1.165) is 17.7 Å². The molecular weight excluding hydrogens is 469 g/mol. The smallest absolute Gasteiger partial charge is 0.193 e.